The number of carbonyl (C=O) groups excluding carboxylic acids is 2. The standard InChI is InChI=1S/C27H31N5O4S/c1-15(2)18-7-5-8-19(16(3)4)23(18)28-27(34)32-12-6-9-20(32)24(33)29-26-31-30-25(37-26)17-10-11-21-22(13-17)36-14-35-21/h5,7-8,10-11,13,15-16,20H,6,9,12,14H2,1-4H3,(H,28,34)(H,29,31,33). The van der Waals surface area contributed by atoms with Gasteiger partial charge >= 0.3 is 6.03 Å². The smallest absolute Gasteiger partial charge is 0.322 e. The van der Waals surface area contributed by atoms with Crippen LogP contribution >= 0.6 is 11.3 Å². The van der Waals surface area contributed by atoms with Gasteiger partial charge in [0, 0.05) is 17.8 Å². The number of hydrogen-bond donors (Lipinski definition) is 2. The molecule has 194 valence electrons. The molecule has 3 amide bonds. The molecule has 9 nitrogen and oxygen atoms in total. The molecule has 1 fully saturated rings. The van der Waals surface area contributed by atoms with Crippen LogP contribution in [-0.4, -0.2) is 46.4 Å². The van der Waals surface area contributed by atoms with Crippen molar-refractivity contribution in [3.8, 4) is 22.1 Å². The summed E-state index contributed by atoms with van der Waals surface area (Å²) < 4.78 is 10.8. The molecule has 0 spiro atoms. The van der Waals surface area contributed by atoms with E-state index < -0.39 is 6.04 Å². The van der Waals surface area contributed by atoms with Crippen molar-refractivity contribution < 1.29 is 19.1 Å². The van der Waals surface area contributed by atoms with Crippen LogP contribution in [0.4, 0.5) is 15.6 Å². The fourth-order valence-electron chi connectivity index (χ4n) is 4.77. The molecular formula is C27H31N5O4S. The third-order valence-electron chi connectivity index (χ3n) is 6.70. The number of ether oxygens (including phenoxy) is 2. The van der Waals surface area contributed by atoms with E-state index in [4.69, 9.17) is 9.47 Å². The van der Waals surface area contributed by atoms with E-state index in [1.807, 2.05) is 36.4 Å². The lowest BCUT2D eigenvalue weighted by molar-refractivity contribution is -0.119. The van der Waals surface area contributed by atoms with Gasteiger partial charge in [-0.3, -0.25) is 10.1 Å². The quantitative estimate of drug-likeness (QED) is 0.424. The number of nitrogens with one attached hydrogen (secondary N) is 2. The summed E-state index contributed by atoms with van der Waals surface area (Å²) in [6.07, 6.45) is 1.35. The highest BCUT2D eigenvalue weighted by Gasteiger charge is 2.35. The number of likely N-dealkylation sites (tertiary alicyclic amines) is 1. The number of carbonyl (C=O) groups is 2. The number of anilines is 2. The lowest BCUT2D eigenvalue weighted by Crippen LogP contribution is -2.45. The lowest BCUT2D eigenvalue weighted by atomic mass is 9.93. The summed E-state index contributed by atoms with van der Waals surface area (Å²) in [5, 5.41) is 15.4. The van der Waals surface area contributed by atoms with Gasteiger partial charge < -0.3 is 19.7 Å². The number of hydrogen-bond acceptors (Lipinski definition) is 7. The highest BCUT2D eigenvalue weighted by atomic mass is 32.1. The highest BCUT2D eigenvalue weighted by Crippen LogP contribution is 2.37. The van der Waals surface area contributed by atoms with Gasteiger partial charge in [-0.25, -0.2) is 4.79 Å². The third kappa shape index (κ3) is 5.11. The molecule has 0 radical (unpaired) electrons. The molecule has 0 aliphatic carbocycles. The molecule has 37 heavy (non-hydrogen) atoms. The molecule has 5 rings (SSSR count). The first kappa shape index (κ1) is 25.0. The average Bonchev–Trinajstić information content (AvgIpc) is 3.63. The number of fused-ring (bicyclic) bond motifs is 1. The Kier molecular flexibility index (Phi) is 7.01. The van der Waals surface area contributed by atoms with Crippen molar-refractivity contribution in [2.24, 2.45) is 0 Å². The minimum Gasteiger partial charge on any atom is -0.454 e. The van der Waals surface area contributed by atoms with Crippen LogP contribution in [0.25, 0.3) is 10.6 Å². The van der Waals surface area contributed by atoms with Gasteiger partial charge in [-0.15, -0.1) is 10.2 Å². The van der Waals surface area contributed by atoms with E-state index >= 15 is 0 Å². The van der Waals surface area contributed by atoms with Crippen molar-refractivity contribution in [2.75, 3.05) is 24.0 Å². The van der Waals surface area contributed by atoms with E-state index in [9.17, 15) is 9.59 Å². The molecule has 10 heteroatoms. The number of benzene rings is 2. The monoisotopic (exact) mass is 521 g/mol. The van der Waals surface area contributed by atoms with Crippen LogP contribution in [0.3, 0.4) is 0 Å². The summed E-state index contributed by atoms with van der Waals surface area (Å²) in [6.45, 7) is 9.16. The maximum atomic E-state index is 13.4. The average molecular weight is 522 g/mol. The number of rotatable bonds is 6. The van der Waals surface area contributed by atoms with Gasteiger partial charge in [0.25, 0.3) is 0 Å². The second kappa shape index (κ2) is 10.4. The van der Waals surface area contributed by atoms with Crippen LogP contribution in [0.2, 0.25) is 0 Å². The number of urea groups is 1. The fourth-order valence-corrected chi connectivity index (χ4v) is 5.51. The van der Waals surface area contributed by atoms with Gasteiger partial charge in [-0.05, 0) is 54.0 Å². The zero-order valence-corrected chi connectivity index (χ0v) is 22.2. The SMILES string of the molecule is CC(C)c1cccc(C(C)C)c1NC(=O)N1CCCC1C(=O)Nc1nnc(-c2ccc3c(c2)OCO3)s1. The van der Waals surface area contributed by atoms with Crippen LogP contribution in [0.15, 0.2) is 36.4 Å². The van der Waals surface area contributed by atoms with E-state index in [2.05, 4.69) is 48.5 Å². The summed E-state index contributed by atoms with van der Waals surface area (Å²) in [7, 11) is 0. The Morgan fingerprint density at radius 1 is 1.00 bits per heavy atom. The minimum atomic E-state index is -0.577. The number of nitrogens with zero attached hydrogens (tertiary/aromatic N) is 3. The van der Waals surface area contributed by atoms with Gasteiger partial charge in [-0.1, -0.05) is 57.2 Å². The van der Waals surface area contributed by atoms with Crippen molar-refractivity contribution >= 4 is 34.1 Å². The summed E-state index contributed by atoms with van der Waals surface area (Å²) >= 11 is 1.27. The van der Waals surface area contributed by atoms with Crippen LogP contribution in [-0.2, 0) is 4.79 Å². The normalized spacial score (nSPS) is 16.5. The zero-order valence-electron chi connectivity index (χ0n) is 21.4. The Labute approximate surface area is 220 Å². The lowest BCUT2D eigenvalue weighted by Gasteiger charge is -2.26. The molecule has 0 saturated carbocycles. The van der Waals surface area contributed by atoms with Crippen LogP contribution in [0.1, 0.15) is 63.5 Å². The van der Waals surface area contributed by atoms with Crippen LogP contribution in [0.5, 0.6) is 11.5 Å². The molecule has 3 aromatic rings. The molecule has 1 aromatic heterocycles. The van der Waals surface area contributed by atoms with Gasteiger partial charge in [-0.2, -0.15) is 0 Å². The van der Waals surface area contributed by atoms with Crippen LogP contribution in [0, 0.1) is 0 Å². The Bertz CT molecular complexity index is 1300. The summed E-state index contributed by atoms with van der Waals surface area (Å²) in [5.74, 6) is 1.59. The molecule has 1 saturated heterocycles. The Hall–Kier alpha value is -3.66. The van der Waals surface area contributed by atoms with Gasteiger partial charge in [0.05, 0.1) is 0 Å². The first-order chi connectivity index (χ1) is 17.8. The van der Waals surface area contributed by atoms with Crippen molar-refractivity contribution in [2.45, 2.75) is 58.4 Å². The molecule has 2 N–H and O–H groups in total. The van der Waals surface area contributed by atoms with E-state index in [0.29, 0.717) is 34.6 Å². The Morgan fingerprint density at radius 2 is 1.73 bits per heavy atom. The third-order valence-corrected chi connectivity index (χ3v) is 7.58. The maximum absolute atomic E-state index is 13.4. The van der Waals surface area contributed by atoms with Crippen molar-refractivity contribution in [1.29, 1.82) is 0 Å². The molecular weight excluding hydrogens is 490 g/mol. The molecule has 2 aliphatic rings. The van der Waals surface area contributed by atoms with E-state index in [1.54, 1.807) is 4.90 Å². The van der Waals surface area contributed by atoms with Gasteiger partial charge in [0.2, 0.25) is 17.8 Å². The number of para-hydroxylation sites is 1. The Morgan fingerprint density at radius 3 is 2.46 bits per heavy atom. The van der Waals surface area contributed by atoms with Crippen molar-refractivity contribution in [3.05, 3.63) is 47.5 Å². The minimum absolute atomic E-state index is 0.198. The van der Waals surface area contributed by atoms with E-state index in [1.165, 1.54) is 11.3 Å². The molecule has 0 bridgehead atoms. The molecule has 1 atom stereocenters. The molecule has 3 heterocycles. The second-order valence-electron chi connectivity index (χ2n) is 9.87. The van der Waals surface area contributed by atoms with Gasteiger partial charge in [0.15, 0.2) is 11.5 Å². The highest BCUT2D eigenvalue weighted by molar-refractivity contribution is 7.18. The van der Waals surface area contributed by atoms with Crippen molar-refractivity contribution in [1.82, 2.24) is 15.1 Å². The second-order valence-corrected chi connectivity index (χ2v) is 10.8. The van der Waals surface area contributed by atoms with Gasteiger partial charge in [0.1, 0.15) is 11.0 Å². The summed E-state index contributed by atoms with van der Waals surface area (Å²) in [5.41, 5.74) is 3.85. The Balaban J connectivity index is 1.29. The summed E-state index contributed by atoms with van der Waals surface area (Å²) in [6, 6.07) is 10.8. The number of amides is 3. The molecule has 1 unspecified atom stereocenters. The van der Waals surface area contributed by atoms with Crippen LogP contribution < -0.4 is 20.1 Å². The maximum Gasteiger partial charge on any atom is 0.322 e. The van der Waals surface area contributed by atoms with Crippen molar-refractivity contribution in [3.63, 3.8) is 0 Å². The van der Waals surface area contributed by atoms with E-state index in [0.717, 1.165) is 28.8 Å². The first-order valence-corrected chi connectivity index (χ1v) is 13.4. The first-order valence-electron chi connectivity index (χ1n) is 12.6. The van der Waals surface area contributed by atoms with E-state index in [-0.39, 0.29) is 30.6 Å². The topological polar surface area (TPSA) is 106 Å². The molecule has 2 aliphatic heterocycles. The summed E-state index contributed by atoms with van der Waals surface area (Å²) in [4.78, 5) is 28.2. The predicted octanol–water partition coefficient (Wildman–Crippen LogP) is 5.82. The fraction of sp³-hybridized carbons (Fsp3) is 0.407. The molecule has 2 aromatic carbocycles. The zero-order chi connectivity index (χ0) is 26.1. The largest absolute Gasteiger partial charge is 0.454 e. The number of aromatic nitrogens is 2. The predicted molar refractivity (Wildman–Crippen MR) is 143 cm³/mol.